The van der Waals surface area contributed by atoms with E-state index in [-0.39, 0.29) is 43.8 Å². The summed E-state index contributed by atoms with van der Waals surface area (Å²) in [4.78, 5) is 22.7. The van der Waals surface area contributed by atoms with Crippen LogP contribution in [0.5, 0.6) is 0 Å². The minimum atomic E-state index is -3.55. The molecule has 0 saturated carbocycles. The van der Waals surface area contributed by atoms with Gasteiger partial charge in [0.2, 0.25) is 10.0 Å². The number of hydrogen-bond donors (Lipinski definition) is 2. The second-order valence-electron chi connectivity index (χ2n) is 5.59. The highest BCUT2D eigenvalue weighted by atomic mass is 32.2. The molecule has 2 rings (SSSR count). The summed E-state index contributed by atoms with van der Waals surface area (Å²) in [6.45, 7) is 0.272. The Balaban J connectivity index is 1.81. The number of carbonyl (C=O) groups is 2. The quantitative estimate of drug-likeness (QED) is 0.778. The van der Waals surface area contributed by atoms with E-state index >= 15 is 0 Å². The van der Waals surface area contributed by atoms with Crippen molar-refractivity contribution >= 4 is 21.9 Å². The minimum Gasteiger partial charge on any atom is -0.481 e. The number of nitrogens with zero attached hydrogens (tertiary/aromatic N) is 1. The molecule has 7 nitrogen and oxygen atoms in total. The molecule has 1 fully saturated rings. The van der Waals surface area contributed by atoms with Gasteiger partial charge in [0.1, 0.15) is 5.82 Å². The molecule has 1 saturated heterocycles. The Morgan fingerprint density at radius 1 is 1.21 bits per heavy atom. The van der Waals surface area contributed by atoms with Crippen LogP contribution in [0, 0.1) is 11.7 Å². The number of hydrogen-bond acceptors (Lipinski definition) is 4. The number of sulfonamides is 1. The summed E-state index contributed by atoms with van der Waals surface area (Å²) in [5.41, 5.74) is 0.246. The average Bonchev–Trinajstić information content (AvgIpc) is 2.55. The maximum Gasteiger partial charge on any atom is 0.306 e. The number of nitrogens with one attached hydrogen (secondary N) is 1. The zero-order valence-electron chi connectivity index (χ0n) is 12.9. The van der Waals surface area contributed by atoms with Gasteiger partial charge in [0.15, 0.2) is 0 Å². The Bertz CT molecular complexity index is 697. The van der Waals surface area contributed by atoms with E-state index in [1.807, 2.05) is 0 Å². The van der Waals surface area contributed by atoms with Gasteiger partial charge >= 0.3 is 5.97 Å². The van der Waals surface area contributed by atoms with Crippen molar-refractivity contribution in [3.8, 4) is 0 Å². The Hall–Kier alpha value is -2.00. The number of aliphatic carboxylic acids is 1. The van der Waals surface area contributed by atoms with Crippen molar-refractivity contribution in [1.82, 2.24) is 9.62 Å². The van der Waals surface area contributed by atoms with E-state index in [1.165, 1.54) is 16.4 Å². The van der Waals surface area contributed by atoms with Crippen LogP contribution in [0.3, 0.4) is 0 Å². The van der Waals surface area contributed by atoms with Crippen molar-refractivity contribution in [3.05, 3.63) is 35.6 Å². The molecule has 1 aromatic carbocycles. The predicted octanol–water partition coefficient (Wildman–Crippen LogP) is 0.682. The molecule has 24 heavy (non-hydrogen) atoms. The lowest BCUT2D eigenvalue weighted by atomic mass is 9.99. The second-order valence-corrected chi connectivity index (χ2v) is 7.68. The number of piperidine rings is 1. The lowest BCUT2D eigenvalue weighted by molar-refractivity contribution is -0.142. The lowest BCUT2D eigenvalue weighted by Crippen LogP contribution is -2.43. The van der Waals surface area contributed by atoms with Crippen molar-refractivity contribution in [3.63, 3.8) is 0 Å². The first-order valence-corrected chi connectivity index (χ1v) is 9.15. The summed E-state index contributed by atoms with van der Waals surface area (Å²) in [5, 5.41) is 11.4. The topological polar surface area (TPSA) is 104 Å². The van der Waals surface area contributed by atoms with Gasteiger partial charge in [0.25, 0.3) is 5.91 Å². The third kappa shape index (κ3) is 4.75. The molecule has 1 aliphatic rings. The van der Waals surface area contributed by atoms with E-state index in [4.69, 9.17) is 5.11 Å². The molecule has 0 aromatic heterocycles. The molecule has 1 aromatic rings. The van der Waals surface area contributed by atoms with E-state index in [0.717, 1.165) is 12.1 Å². The fraction of sp³-hybridized carbons (Fsp3) is 0.467. The molecule has 0 atom stereocenters. The Morgan fingerprint density at radius 3 is 2.33 bits per heavy atom. The van der Waals surface area contributed by atoms with Gasteiger partial charge in [-0.1, -0.05) is 0 Å². The van der Waals surface area contributed by atoms with Crippen LogP contribution in [0.1, 0.15) is 23.2 Å². The molecular weight excluding hydrogens is 339 g/mol. The lowest BCUT2D eigenvalue weighted by Gasteiger charge is -2.29. The van der Waals surface area contributed by atoms with Gasteiger partial charge in [-0.15, -0.1) is 0 Å². The fourth-order valence-corrected chi connectivity index (χ4v) is 3.89. The first-order chi connectivity index (χ1) is 11.3. The zero-order chi connectivity index (χ0) is 17.7. The molecule has 0 spiro atoms. The van der Waals surface area contributed by atoms with Gasteiger partial charge in [-0.2, -0.15) is 0 Å². The number of amides is 1. The first-order valence-electron chi connectivity index (χ1n) is 7.54. The number of carboxylic acids is 1. The van der Waals surface area contributed by atoms with Gasteiger partial charge < -0.3 is 10.4 Å². The van der Waals surface area contributed by atoms with Crippen LogP contribution in [-0.4, -0.2) is 55.1 Å². The van der Waals surface area contributed by atoms with Crippen molar-refractivity contribution in [2.24, 2.45) is 5.92 Å². The van der Waals surface area contributed by atoms with Crippen LogP contribution in [0.15, 0.2) is 24.3 Å². The van der Waals surface area contributed by atoms with Crippen LogP contribution >= 0.6 is 0 Å². The normalized spacial score (nSPS) is 16.7. The highest BCUT2D eigenvalue weighted by Crippen LogP contribution is 2.19. The zero-order valence-corrected chi connectivity index (χ0v) is 13.8. The van der Waals surface area contributed by atoms with Gasteiger partial charge in [-0.3, -0.25) is 9.59 Å². The Kier molecular flexibility index (Phi) is 5.89. The Morgan fingerprint density at radius 2 is 1.79 bits per heavy atom. The maximum absolute atomic E-state index is 12.8. The smallest absolute Gasteiger partial charge is 0.306 e. The van der Waals surface area contributed by atoms with Crippen LogP contribution < -0.4 is 5.32 Å². The largest absolute Gasteiger partial charge is 0.481 e. The number of rotatable bonds is 6. The molecule has 1 aliphatic heterocycles. The number of halogens is 1. The summed E-state index contributed by atoms with van der Waals surface area (Å²) in [6.07, 6.45) is 0.576. The summed E-state index contributed by atoms with van der Waals surface area (Å²) in [5.74, 6) is -2.61. The van der Waals surface area contributed by atoms with E-state index < -0.39 is 33.6 Å². The van der Waals surface area contributed by atoms with Gasteiger partial charge in [-0.25, -0.2) is 17.1 Å². The molecule has 0 bridgehead atoms. The third-order valence-corrected chi connectivity index (χ3v) is 5.82. The highest BCUT2D eigenvalue weighted by Gasteiger charge is 2.30. The number of carboxylic acid groups (broad SMARTS) is 1. The van der Waals surface area contributed by atoms with Crippen molar-refractivity contribution in [2.45, 2.75) is 12.8 Å². The summed E-state index contributed by atoms with van der Waals surface area (Å²) < 4.78 is 38.5. The average molecular weight is 358 g/mol. The standard InChI is InChI=1S/C15H19FN2O5S/c16-13-3-1-11(2-4-13)14(19)17-7-10-24(22,23)18-8-5-12(6-9-18)15(20)21/h1-4,12H,5-10H2,(H,17,19)(H,20,21). The SMILES string of the molecule is O=C(NCCS(=O)(=O)N1CCC(C(=O)O)CC1)c1ccc(F)cc1. The van der Waals surface area contributed by atoms with Gasteiger partial charge in [0, 0.05) is 25.2 Å². The molecule has 0 unspecified atom stereocenters. The first kappa shape index (κ1) is 18.3. The molecule has 0 radical (unpaired) electrons. The summed E-state index contributed by atoms with van der Waals surface area (Å²) in [6, 6.07) is 4.93. The number of carbonyl (C=O) groups excluding carboxylic acids is 1. The fourth-order valence-electron chi connectivity index (χ4n) is 2.51. The molecule has 1 amide bonds. The summed E-state index contributed by atoms with van der Waals surface area (Å²) >= 11 is 0. The second kappa shape index (κ2) is 7.71. The van der Waals surface area contributed by atoms with Crippen molar-refractivity contribution < 1.29 is 27.5 Å². The maximum atomic E-state index is 12.8. The molecule has 132 valence electrons. The molecule has 2 N–H and O–H groups in total. The molecular formula is C15H19FN2O5S. The van der Waals surface area contributed by atoms with Crippen LogP contribution in [0.4, 0.5) is 4.39 Å². The van der Waals surface area contributed by atoms with E-state index in [9.17, 15) is 22.4 Å². The van der Waals surface area contributed by atoms with Crippen molar-refractivity contribution in [2.75, 3.05) is 25.4 Å². The number of benzene rings is 1. The van der Waals surface area contributed by atoms with Crippen LogP contribution in [-0.2, 0) is 14.8 Å². The minimum absolute atomic E-state index is 0.0720. The third-order valence-electron chi connectivity index (χ3n) is 3.95. The molecule has 9 heteroatoms. The van der Waals surface area contributed by atoms with Crippen LogP contribution in [0.25, 0.3) is 0 Å². The van der Waals surface area contributed by atoms with Crippen LogP contribution in [0.2, 0.25) is 0 Å². The monoisotopic (exact) mass is 358 g/mol. The van der Waals surface area contributed by atoms with E-state index in [1.54, 1.807) is 0 Å². The highest BCUT2D eigenvalue weighted by molar-refractivity contribution is 7.89. The van der Waals surface area contributed by atoms with Crippen molar-refractivity contribution in [1.29, 1.82) is 0 Å². The molecule has 0 aliphatic carbocycles. The molecule has 1 heterocycles. The van der Waals surface area contributed by atoms with E-state index in [2.05, 4.69) is 5.32 Å². The van der Waals surface area contributed by atoms with Gasteiger partial charge in [-0.05, 0) is 37.1 Å². The van der Waals surface area contributed by atoms with E-state index in [0.29, 0.717) is 0 Å². The summed E-state index contributed by atoms with van der Waals surface area (Å²) in [7, 11) is -3.55. The Labute approximate surface area is 139 Å². The van der Waals surface area contributed by atoms with Gasteiger partial charge in [0.05, 0.1) is 11.7 Å². The predicted molar refractivity (Wildman–Crippen MR) is 84.5 cm³/mol.